The molecule has 2 unspecified atom stereocenters. The Labute approximate surface area is 137 Å². The van der Waals surface area contributed by atoms with E-state index in [2.05, 4.69) is 11.4 Å². The Bertz CT molecular complexity index is 670. The lowest BCUT2D eigenvalue weighted by Gasteiger charge is -2.29. The number of aromatic hydroxyl groups is 1. The summed E-state index contributed by atoms with van der Waals surface area (Å²) in [4.78, 5) is 0. The number of aryl methyl sites for hydroxylation is 1. The van der Waals surface area contributed by atoms with Gasteiger partial charge in [-0.15, -0.1) is 0 Å². The van der Waals surface area contributed by atoms with Gasteiger partial charge in [-0.2, -0.15) is 0 Å². The van der Waals surface area contributed by atoms with Gasteiger partial charge in [0.2, 0.25) is 0 Å². The van der Waals surface area contributed by atoms with Gasteiger partial charge >= 0.3 is 0 Å². The molecule has 2 N–H and O–H groups in total. The first kappa shape index (κ1) is 16.0. The number of hydrogen-bond donors (Lipinski definition) is 2. The van der Waals surface area contributed by atoms with E-state index in [4.69, 9.17) is 0 Å². The minimum absolute atomic E-state index is 0.169. The van der Waals surface area contributed by atoms with Crippen LogP contribution in [0.3, 0.4) is 0 Å². The fraction of sp³-hybridized carbons (Fsp3) is 0.400. The van der Waals surface area contributed by atoms with Crippen LogP contribution in [0.25, 0.3) is 0 Å². The molecule has 0 aliphatic heterocycles. The van der Waals surface area contributed by atoms with E-state index >= 15 is 0 Å². The van der Waals surface area contributed by atoms with Gasteiger partial charge in [-0.3, -0.25) is 0 Å². The highest BCUT2D eigenvalue weighted by atomic mass is 19.1. The van der Waals surface area contributed by atoms with Crippen LogP contribution < -0.4 is 5.32 Å². The second-order valence-corrected chi connectivity index (χ2v) is 6.52. The first-order valence-electron chi connectivity index (χ1n) is 8.39. The molecule has 1 aliphatic carbocycles. The molecule has 0 bridgehead atoms. The predicted molar refractivity (Wildman–Crippen MR) is 91.5 cm³/mol. The maximum Gasteiger partial charge on any atom is 0.123 e. The van der Waals surface area contributed by atoms with Crippen LogP contribution in [0.1, 0.15) is 47.8 Å². The van der Waals surface area contributed by atoms with Crippen LogP contribution in [0, 0.1) is 5.82 Å². The molecule has 3 rings (SSSR count). The zero-order valence-electron chi connectivity index (χ0n) is 13.6. The molecule has 122 valence electrons. The van der Waals surface area contributed by atoms with Crippen LogP contribution in [0.15, 0.2) is 42.5 Å². The van der Waals surface area contributed by atoms with Gasteiger partial charge in [-0.05, 0) is 85.5 Å². The second kappa shape index (κ2) is 7.14. The highest BCUT2D eigenvalue weighted by molar-refractivity contribution is 5.39. The second-order valence-electron chi connectivity index (χ2n) is 6.52. The van der Waals surface area contributed by atoms with Crippen molar-refractivity contribution in [3.8, 4) is 5.75 Å². The van der Waals surface area contributed by atoms with Crippen molar-refractivity contribution in [1.82, 2.24) is 5.32 Å². The maximum atomic E-state index is 13.6. The van der Waals surface area contributed by atoms with E-state index in [0.29, 0.717) is 17.6 Å². The summed E-state index contributed by atoms with van der Waals surface area (Å²) >= 11 is 0. The Morgan fingerprint density at radius 3 is 2.91 bits per heavy atom. The fourth-order valence-electron chi connectivity index (χ4n) is 3.83. The van der Waals surface area contributed by atoms with E-state index in [1.165, 1.54) is 17.2 Å². The Kier molecular flexibility index (Phi) is 4.97. The standard InChI is InChI=1S/C20H24FNO/c1-22-13-17(14-4-3-7-18(21)11-14)10-15-5-2-6-16-12-19(23)8-9-20(15)16/h3-4,7-9,11-12,15,17,22-23H,2,5-6,10,13H2,1H3. The number of likely N-dealkylation sites (N-methyl/N-ethyl adjacent to an activating group) is 1. The van der Waals surface area contributed by atoms with Gasteiger partial charge in [0.1, 0.15) is 11.6 Å². The van der Waals surface area contributed by atoms with E-state index in [9.17, 15) is 9.50 Å². The Morgan fingerprint density at radius 2 is 2.13 bits per heavy atom. The number of halogens is 1. The minimum atomic E-state index is -0.169. The molecule has 0 heterocycles. The lowest BCUT2D eigenvalue weighted by atomic mass is 9.76. The average Bonchev–Trinajstić information content (AvgIpc) is 2.54. The van der Waals surface area contributed by atoms with E-state index in [1.54, 1.807) is 18.2 Å². The highest BCUT2D eigenvalue weighted by Gasteiger charge is 2.24. The molecule has 2 atom stereocenters. The van der Waals surface area contributed by atoms with Crippen molar-refractivity contribution in [1.29, 1.82) is 0 Å². The van der Waals surface area contributed by atoms with Crippen LogP contribution in [-0.4, -0.2) is 18.7 Å². The molecule has 0 saturated heterocycles. The molecule has 0 fully saturated rings. The summed E-state index contributed by atoms with van der Waals surface area (Å²) < 4.78 is 13.6. The molecule has 23 heavy (non-hydrogen) atoms. The molecule has 3 heteroatoms. The van der Waals surface area contributed by atoms with Crippen molar-refractivity contribution in [3.05, 3.63) is 65.0 Å². The Hall–Kier alpha value is -1.87. The zero-order chi connectivity index (χ0) is 16.2. The van der Waals surface area contributed by atoms with E-state index in [0.717, 1.165) is 37.8 Å². The number of benzene rings is 2. The smallest absolute Gasteiger partial charge is 0.123 e. The minimum Gasteiger partial charge on any atom is -0.508 e. The van der Waals surface area contributed by atoms with Crippen LogP contribution in [-0.2, 0) is 6.42 Å². The molecule has 2 aromatic rings. The number of hydrogen-bond acceptors (Lipinski definition) is 2. The first-order chi connectivity index (χ1) is 11.2. The van der Waals surface area contributed by atoms with Crippen LogP contribution in [0.4, 0.5) is 4.39 Å². The first-order valence-corrected chi connectivity index (χ1v) is 8.39. The predicted octanol–water partition coefficient (Wildman–Crippen LogP) is 4.34. The van der Waals surface area contributed by atoms with Gasteiger partial charge < -0.3 is 10.4 Å². The number of phenolic OH excluding ortho intramolecular Hbond substituents is 1. The van der Waals surface area contributed by atoms with Gasteiger partial charge in [-0.25, -0.2) is 4.39 Å². The Balaban J connectivity index is 1.84. The summed E-state index contributed by atoms with van der Waals surface area (Å²) in [5.74, 6) is 0.945. The lowest BCUT2D eigenvalue weighted by molar-refractivity contribution is 0.451. The number of phenols is 1. The molecule has 0 radical (unpaired) electrons. The molecule has 0 spiro atoms. The van der Waals surface area contributed by atoms with Crippen molar-refractivity contribution >= 4 is 0 Å². The molecule has 0 aromatic heterocycles. The summed E-state index contributed by atoms with van der Waals surface area (Å²) in [5, 5.41) is 12.9. The normalized spacial score (nSPS) is 18.4. The summed E-state index contributed by atoms with van der Waals surface area (Å²) in [6.07, 6.45) is 4.35. The summed E-state index contributed by atoms with van der Waals surface area (Å²) in [6.45, 7) is 0.841. The van der Waals surface area contributed by atoms with Gasteiger partial charge in [0.15, 0.2) is 0 Å². The molecular weight excluding hydrogens is 289 g/mol. The number of rotatable bonds is 5. The summed E-state index contributed by atoms with van der Waals surface area (Å²) in [6, 6.07) is 12.7. The van der Waals surface area contributed by atoms with Crippen molar-refractivity contribution in [2.75, 3.05) is 13.6 Å². The molecule has 2 aromatic carbocycles. The third kappa shape index (κ3) is 3.73. The largest absolute Gasteiger partial charge is 0.508 e. The Morgan fingerprint density at radius 1 is 1.26 bits per heavy atom. The van der Waals surface area contributed by atoms with E-state index in [1.807, 2.05) is 19.2 Å². The summed E-state index contributed by atoms with van der Waals surface area (Å²) in [5.41, 5.74) is 3.68. The third-order valence-electron chi connectivity index (χ3n) is 4.90. The van der Waals surface area contributed by atoms with Gasteiger partial charge in [0.05, 0.1) is 0 Å². The highest BCUT2D eigenvalue weighted by Crippen LogP contribution is 2.39. The number of nitrogens with one attached hydrogen (secondary N) is 1. The third-order valence-corrected chi connectivity index (χ3v) is 4.90. The summed E-state index contributed by atoms with van der Waals surface area (Å²) in [7, 11) is 1.94. The SMILES string of the molecule is CNCC(CC1CCCc2cc(O)ccc21)c1cccc(F)c1. The topological polar surface area (TPSA) is 32.3 Å². The van der Waals surface area contributed by atoms with Crippen LogP contribution >= 0.6 is 0 Å². The molecule has 0 saturated carbocycles. The van der Waals surface area contributed by atoms with E-state index in [-0.39, 0.29) is 5.82 Å². The van der Waals surface area contributed by atoms with Crippen molar-refractivity contribution in [2.24, 2.45) is 0 Å². The lowest BCUT2D eigenvalue weighted by Crippen LogP contribution is -2.21. The zero-order valence-corrected chi connectivity index (χ0v) is 13.6. The quantitative estimate of drug-likeness (QED) is 0.860. The molecule has 0 amide bonds. The van der Waals surface area contributed by atoms with Crippen molar-refractivity contribution in [2.45, 2.75) is 37.5 Å². The molecular formula is C20H24FNO. The van der Waals surface area contributed by atoms with Crippen molar-refractivity contribution in [3.63, 3.8) is 0 Å². The van der Waals surface area contributed by atoms with Crippen molar-refractivity contribution < 1.29 is 9.50 Å². The van der Waals surface area contributed by atoms with Crippen LogP contribution in [0.5, 0.6) is 5.75 Å². The maximum absolute atomic E-state index is 13.6. The van der Waals surface area contributed by atoms with Gasteiger partial charge in [-0.1, -0.05) is 18.2 Å². The fourth-order valence-corrected chi connectivity index (χ4v) is 3.83. The molecule has 2 nitrogen and oxygen atoms in total. The average molecular weight is 313 g/mol. The molecule has 1 aliphatic rings. The number of fused-ring (bicyclic) bond motifs is 1. The monoisotopic (exact) mass is 313 g/mol. The van der Waals surface area contributed by atoms with Crippen LogP contribution in [0.2, 0.25) is 0 Å². The van der Waals surface area contributed by atoms with E-state index < -0.39 is 0 Å². The van der Waals surface area contributed by atoms with Gasteiger partial charge in [0.25, 0.3) is 0 Å². The van der Waals surface area contributed by atoms with Gasteiger partial charge in [0, 0.05) is 6.54 Å².